The largest absolute Gasteiger partial charge is 0.430 e. The molecule has 6 nitrogen and oxygen atoms in total. The van der Waals surface area contributed by atoms with Crippen molar-refractivity contribution >= 4 is 6.92 Å². The van der Waals surface area contributed by atoms with Crippen molar-refractivity contribution in [3.63, 3.8) is 0 Å². The van der Waals surface area contributed by atoms with Crippen molar-refractivity contribution in [2.24, 2.45) is 5.92 Å². The van der Waals surface area contributed by atoms with Crippen molar-refractivity contribution in [1.82, 2.24) is 0 Å². The molecule has 26 heavy (non-hydrogen) atoms. The lowest BCUT2D eigenvalue weighted by Gasteiger charge is -2.54. The summed E-state index contributed by atoms with van der Waals surface area (Å²) in [6, 6.07) is 0. The van der Waals surface area contributed by atoms with E-state index in [1.165, 1.54) is 0 Å². The summed E-state index contributed by atoms with van der Waals surface area (Å²) in [7, 11) is 0. The monoisotopic (exact) mass is 368 g/mol. The first-order valence-electron chi connectivity index (χ1n) is 10.6. The number of ether oxygens (including phenoxy) is 1. The molecular weight excluding hydrogens is 335 g/mol. The van der Waals surface area contributed by atoms with Gasteiger partial charge in [0.15, 0.2) is 0 Å². The summed E-state index contributed by atoms with van der Waals surface area (Å²) >= 11 is 0. The zero-order valence-electron chi connectivity index (χ0n) is 15.5. The minimum absolute atomic E-state index is 0.0815. The highest BCUT2D eigenvalue weighted by Crippen LogP contribution is 2.51. The van der Waals surface area contributed by atoms with Crippen LogP contribution in [-0.4, -0.2) is 70.0 Å². The van der Waals surface area contributed by atoms with Crippen LogP contribution in [0.3, 0.4) is 0 Å². The predicted molar refractivity (Wildman–Crippen MR) is 96.7 cm³/mol. The molecule has 1 aliphatic carbocycles. The Labute approximate surface area is 156 Å². The van der Waals surface area contributed by atoms with Gasteiger partial charge in [-0.3, -0.25) is 0 Å². The van der Waals surface area contributed by atoms with E-state index < -0.39 is 29.9 Å². The van der Waals surface area contributed by atoms with Gasteiger partial charge in [0.25, 0.3) is 0 Å². The lowest BCUT2D eigenvalue weighted by atomic mass is 9.37. The maximum atomic E-state index is 11.2. The SMILES string of the molecule is OC[C@H]1O[C@@](B2OC3CCCC2CCC3)(C2CCCC2)[C@H](O)[C@@H](O)[C@@H]1O. The summed E-state index contributed by atoms with van der Waals surface area (Å²) in [5.41, 5.74) is -1.04. The lowest BCUT2D eigenvalue weighted by Crippen LogP contribution is -2.74. The molecule has 0 amide bonds. The maximum Gasteiger partial charge on any atom is 0.332 e. The summed E-state index contributed by atoms with van der Waals surface area (Å²) in [5, 5.41) is 41.9. The van der Waals surface area contributed by atoms with Crippen LogP contribution < -0.4 is 0 Å². The third-order valence-corrected chi connectivity index (χ3v) is 7.46. The Balaban J connectivity index is 1.76. The molecule has 4 aliphatic rings. The average Bonchev–Trinajstić information content (AvgIpc) is 2.99. The van der Waals surface area contributed by atoms with Crippen molar-refractivity contribution in [2.45, 2.75) is 106 Å². The molecular formula is C19H33BO6. The van der Waals surface area contributed by atoms with Gasteiger partial charge in [-0.25, -0.2) is 0 Å². The zero-order chi connectivity index (χ0) is 18.3. The number of fused-ring (bicyclic) bond motifs is 3. The molecule has 0 aromatic carbocycles. The predicted octanol–water partition coefficient (Wildman–Crippen LogP) is 1.04. The summed E-state index contributed by atoms with van der Waals surface area (Å²) < 4.78 is 12.9. The molecule has 0 aromatic rings. The molecule has 148 valence electrons. The van der Waals surface area contributed by atoms with E-state index in [2.05, 4.69) is 0 Å². The van der Waals surface area contributed by atoms with Crippen LogP contribution in [0, 0.1) is 5.92 Å². The second-order valence-corrected chi connectivity index (χ2v) is 8.90. The van der Waals surface area contributed by atoms with Crippen LogP contribution in [0.5, 0.6) is 0 Å². The Kier molecular flexibility index (Phi) is 5.66. The van der Waals surface area contributed by atoms with Gasteiger partial charge in [0, 0.05) is 6.10 Å². The van der Waals surface area contributed by atoms with Gasteiger partial charge in [0.1, 0.15) is 29.9 Å². The molecule has 0 aromatic heterocycles. The summed E-state index contributed by atoms with van der Waals surface area (Å²) in [6.45, 7) is -0.660. The van der Waals surface area contributed by atoms with Crippen LogP contribution in [0.4, 0.5) is 0 Å². The van der Waals surface area contributed by atoms with Crippen molar-refractivity contribution in [1.29, 1.82) is 0 Å². The smallest absolute Gasteiger partial charge is 0.332 e. The minimum Gasteiger partial charge on any atom is -0.430 e. The fraction of sp³-hybridized carbons (Fsp3) is 1.00. The normalized spacial score (nSPS) is 47.8. The summed E-state index contributed by atoms with van der Waals surface area (Å²) in [6.07, 6.45) is 5.91. The van der Waals surface area contributed by atoms with Crippen LogP contribution in [0.2, 0.25) is 5.82 Å². The number of aliphatic hydroxyl groups excluding tert-OH is 4. The van der Waals surface area contributed by atoms with Gasteiger partial charge in [-0.2, -0.15) is 0 Å². The third kappa shape index (κ3) is 3.05. The van der Waals surface area contributed by atoms with Gasteiger partial charge in [-0.05, 0) is 37.4 Å². The molecule has 4 N–H and O–H groups in total. The maximum absolute atomic E-state index is 11.2. The Morgan fingerprint density at radius 3 is 2.12 bits per heavy atom. The van der Waals surface area contributed by atoms with E-state index in [4.69, 9.17) is 9.39 Å². The van der Waals surface area contributed by atoms with E-state index in [9.17, 15) is 20.4 Å². The highest BCUT2D eigenvalue weighted by Gasteiger charge is 2.65. The van der Waals surface area contributed by atoms with Crippen LogP contribution in [0.25, 0.3) is 0 Å². The molecule has 3 heterocycles. The highest BCUT2D eigenvalue weighted by atomic mass is 16.6. The van der Waals surface area contributed by atoms with Crippen molar-refractivity contribution < 1.29 is 29.8 Å². The molecule has 5 atom stereocenters. The average molecular weight is 368 g/mol. The number of rotatable bonds is 3. The molecule has 0 unspecified atom stereocenters. The fourth-order valence-corrected chi connectivity index (χ4v) is 6.14. The lowest BCUT2D eigenvalue weighted by molar-refractivity contribution is -0.265. The quantitative estimate of drug-likeness (QED) is 0.556. The molecule has 7 heteroatoms. The van der Waals surface area contributed by atoms with Gasteiger partial charge in [-0.15, -0.1) is 0 Å². The van der Waals surface area contributed by atoms with Gasteiger partial charge in [-0.1, -0.05) is 38.5 Å². The van der Waals surface area contributed by atoms with E-state index in [0.717, 1.165) is 64.2 Å². The van der Waals surface area contributed by atoms with Gasteiger partial charge in [0.05, 0.1) is 6.61 Å². The Hall–Kier alpha value is -0.175. The molecule has 3 aliphatic heterocycles. The van der Waals surface area contributed by atoms with E-state index in [1.807, 2.05) is 0 Å². The first-order valence-corrected chi connectivity index (χ1v) is 10.6. The Morgan fingerprint density at radius 2 is 1.50 bits per heavy atom. The molecule has 4 fully saturated rings. The van der Waals surface area contributed by atoms with Crippen LogP contribution in [0.1, 0.15) is 64.2 Å². The van der Waals surface area contributed by atoms with E-state index >= 15 is 0 Å². The molecule has 4 rings (SSSR count). The Bertz CT molecular complexity index is 475. The minimum atomic E-state index is -1.33. The first kappa shape index (κ1) is 19.2. The topological polar surface area (TPSA) is 99.4 Å². The van der Waals surface area contributed by atoms with Crippen LogP contribution in [0.15, 0.2) is 0 Å². The summed E-state index contributed by atoms with van der Waals surface area (Å²) in [5.74, 6) is 0.373. The zero-order valence-corrected chi connectivity index (χ0v) is 15.5. The molecule has 3 saturated heterocycles. The van der Waals surface area contributed by atoms with Gasteiger partial charge >= 0.3 is 6.92 Å². The van der Waals surface area contributed by atoms with E-state index in [0.29, 0.717) is 5.82 Å². The number of aliphatic hydroxyl groups is 4. The van der Waals surface area contributed by atoms with Gasteiger partial charge < -0.3 is 29.8 Å². The van der Waals surface area contributed by atoms with E-state index in [1.54, 1.807) is 0 Å². The van der Waals surface area contributed by atoms with Crippen molar-refractivity contribution in [3.05, 3.63) is 0 Å². The third-order valence-electron chi connectivity index (χ3n) is 7.46. The molecule has 1 saturated carbocycles. The molecule has 0 spiro atoms. The highest BCUT2D eigenvalue weighted by molar-refractivity contribution is 6.57. The second-order valence-electron chi connectivity index (χ2n) is 8.90. The van der Waals surface area contributed by atoms with Crippen molar-refractivity contribution in [3.8, 4) is 0 Å². The van der Waals surface area contributed by atoms with Crippen LogP contribution in [-0.2, 0) is 9.39 Å². The number of hydrogen-bond acceptors (Lipinski definition) is 6. The fourth-order valence-electron chi connectivity index (χ4n) is 6.14. The molecule has 2 bridgehead atoms. The van der Waals surface area contributed by atoms with Crippen molar-refractivity contribution in [2.75, 3.05) is 6.61 Å². The standard InChI is InChI=1S/C19H33BO6/c21-11-15-16(22)17(23)18(24)19(25-15,12-5-1-2-6-12)20-13-7-3-9-14(26-20)10-4-8-13/h12-18,21-24H,1-11H2/t13?,14?,15-,16-,17+,18-,19+/m1/s1. The van der Waals surface area contributed by atoms with E-state index in [-0.39, 0.29) is 25.5 Å². The molecule has 0 radical (unpaired) electrons. The van der Waals surface area contributed by atoms with Gasteiger partial charge in [0.2, 0.25) is 0 Å². The summed E-state index contributed by atoms with van der Waals surface area (Å²) in [4.78, 5) is 0. The second kappa shape index (κ2) is 7.68. The van der Waals surface area contributed by atoms with Crippen LogP contribution >= 0.6 is 0 Å². The Morgan fingerprint density at radius 1 is 0.846 bits per heavy atom. The first-order chi connectivity index (χ1) is 12.6. The number of hydrogen-bond donors (Lipinski definition) is 4.